The van der Waals surface area contributed by atoms with E-state index in [1.54, 1.807) is 0 Å². The number of hydrogen-bond donors (Lipinski definition) is 1. The van der Waals surface area contributed by atoms with Crippen LogP contribution in [0.4, 0.5) is 17.1 Å². The molecule has 0 atom stereocenters. The summed E-state index contributed by atoms with van der Waals surface area (Å²) in [6.45, 7) is 3.51. The van der Waals surface area contributed by atoms with E-state index < -0.39 is 9.85 Å². The predicted molar refractivity (Wildman–Crippen MR) is 93.5 cm³/mol. The normalized spacial score (nSPS) is 10.4. The Kier molecular flexibility index (Phi) is 6.41. The molecule has 0 saturated carbocycles. The second-order valence-corrected chi connectivity index (χ2v) is 5.39. The summed E-state index contributed by atoms with van der Waals surface area (Å²) in [6, 6.07) is 11.2. The van der Waals surface area contributed by atoms with E-state index in [4.69, 9.17) is 4.74 Å². The van der Waals surface area contributed by atoms with Gasteiger partial charge in [-0.2, -0.15) is 0 Å². The molecule has 0 aromatic heterocycles. The van der Waals surface area contributed by atoms with Crippen LogP contribution < -0.4 is 5.32 Å². The van der Waals surface area contributed by atoms with Crippen molar-refractivity contribution >= 4 is 17.1 Å². The van der Waals surface area contributed by atoms with E-state index in [1.165, 1.54) is 12.1 Å². The standard InChI is InChI=1S/C17H19N3O5/c1-2-9-25-12-14-6-4-3-5-13(14)11-18-16-8-7-15(19(21)22)10-17(16)20(23)24/h3-8,10,18H,2,9,11-12H2,1H3. The first-order valence-corrected chi connectivity index (χ1v) is 7.84. The number of nitro groups is 2. The number of anilines is 1. The van der Waals surface area contributed by atoms with Gasteiger partial charge >= 0.3 is 0 Å². The molecule has 0 amide bonds. The summed E-state index contributed by atoms with van der Waals surface area (Å²) in [7, 11) is 0. The van der Waals surface area contributed by atoms with Crippen LogP contribution >= 0.6 is 0 Å². The highest BCUT2D eigenvalue weighted by molar-refractivity contribution is 5.65. The SMILES string of the molecule is CCCOCc1ccccc1CNc1ccc([N+](=O)[O-])cc1[N+](=O)[O-]. The molecule has 0 radical (unpaired) electrons. The number of rotatable bonds is 9. The molecule has 0 aliphatic carbocycles. The molecule has 2 aromatic carbocycles. The Balaban J connectivity index is 2.16. The average Bonchev–Trinajstić information content (AvgIpc) is 2.60. The van der Waals surface area contributed by atoms with E-state index >= 15 is 0 Å². The fraction of sp³-hybridized carbons (Fsp3) is 0.294. The summed E-state index contributed by atoms with van der Waals surface area (Å²) in [5.41, 5.74) is 1.54. The van der Waals surface area contributed by atoms with E-state index in [9.17, 15) is 20.2 Å². The molecule has 8 nitrogen and oxygen atoms in total. The van der Waals surface area contributed by atoms with E-state index in [0.717, 1.165) is 23.6 Å². The van der Waals surface area contributed by atoms with Crippen molar-refractivity contribution in [1.82, 2.24) is 0 Å². The van der Waals surface area contributed by atoms with Crippen LogP contribution in [-0.2, 0) is 17.9 Å². The van der Waals surface area contributed by atoms with Crippen molar-refractivity contribution < 1.29 is 14.6 Å². The number of benzene rings is 2. The number of nitrogens with one attached hydrogen (secondary N) is 1. The van der Waals surface area contributed by atoms with Crippen LogP contribution in [0.25, 0.3) is 0 Å². The number of nitro benzene ring substituents is 2. The summed E-state index contributed by atoms with van der Waals surface area (Å²) in [6.07, 6.45) is 0.926. The van der Waals surface area contributed by atoms with Crippen molar-refractivity contribution in [3.8, 4) is 0 Å². The smallest absolute Gasteiger partial charge is 0.299 e. The summed E-state index contributed by atoms with van der Waals surface area (Å²) in [5.74, 6) is 0. The molecule has 2 rings (SSSR count). The second-order valence-electron chi connectivity index (χ2n) is 5.39. The average molecular weight is 345 g/mol. The van der Waals surface area contributed by atoms with Crippen molar-refractivity contribution in [2.75, 3.05) is 11.9 Å². The Labute approximate surface area is 144 Å². The highest BCUT2D eigenvalue weighted by Crippen LogP contribution is 2.29. The van der Waals surface area contributed by atoms with E-state index in [2.05, 4.69) is 5.32 Å². The Morgan fingerprint density at radius 1 is 1.04 bits per heavy atom. The Hall–Kier alpha value is -3.00. The summed E-state index contributed by atoms with van der Waals surface area (Å²) < 4.78 is 5.55. The van der Waals surface area contributed by atoms with Crippen molar-refractivity contribution in [3.63, 3.8) is 0 Å². The second kappa shape index (κ2) is 8.74. The minimum atomic E-state index is -0.656. The maximum Gasteiger partial charge on any atom is 0.299 e. The fourth-order valence-electron chi connectivity index (χ4n) is 2.32. The first kappa shape index (κ1) is 18.3. The molecular formula is C17H19N3O5. The molecule has 0 spiro atoms. The molecule has 25 heavy (non-hydrogen) atoms. The third-order valence-corrected chi connectivity index (χ3v) is 3.58. The number of ether oxygens (including phenoxy) is 1. The first-order chi connectivity index (χ1) is 12.0. The summed E-state index contributed by atoms with van der Waals surface area (Å²) in [5, 5.41) is 24.9. The third kappa shape index (κ3) is 4.98. The minimum Gasteiger partial charge on any atom is -0.377 e. The highest BCUT2D eigenvalue weighted by atomic mass is 16.6. The monoisotopic (exact) mass is 345 g/mol. The lowest BCUT2D eigenvalue weighted by atomic mass is 10.1. The number of non-ortho nitro benzene ring substituents is 1. The Morgan fingerprint density at radius 2 is 1.76 bits per heavy atom. The van der Waals surface area contributed by atoms with E-state index in [1.807, 2.05) is 31.2 Å². The van der Waals surface area contributed by atoms with Crippen molar-refractivity contribution in [3.05, 3.63) is 73.8 Å². The largest absolute Gasteiger partial charge is 0.377 e. The van der Waals surface area contributed by atoms with Gasteiger partial charge in [0.05, 0.1) is 22.5 Å². The number of hydrogen-bond acceptors (Lipinski definition) is 6. The zero-order valence-electron chi connectivity index (χ0n) is 13.8. The molecule has 0 heterocycles. The molecule has 132 valence electrons. The molecule has 0 aliphatic heterocycles. The maximum atomic E-state index is 11.2. The number of nitrogens with zero attached hydrogens (tertiary/aromatic N) is 2. The van der Waals surface area contributed by atoms with Gasteiger partial charge < -0.3 is 10.1 Å². The molecule has 0 saturated heterocycles. The van der Waals surface area contributed by atoms with Gasteiger partial charge in [-0.05, 0) is 23.6 Å². The van der Waals surface area contributed by atoms with Gasteiger partial charge in [0.25, 0.3) is 11.4 Å². The molecule has 0 bridgehead atoms. The van der Waals surface area contributed by atoms with Crippen molar-refractivity contribution in [1.29, 1.82) is 0 Å². The molecule has 2 aromatic rings. The van der Waals surface area contributed by atoms with Crippen LogP contribution in [0.5, 0.6) is 0 Å². The topological polar surface area (TPSA) is 108 Å². The van der Waals surface area contributed by atoms with Gasteiger partial charge in [0.1, 0.15) is 5.69 Å². The van der Waals surface area contributed by atoms with Gasteiger partial charge in [-0.1, -0.05) is 31.2 Å². The zero-order chi connectivity index (χ0) is 18.2. The van der Waals surface area contributed by atoms with Crippen LogP contribution in [0.2, 0.25) is 0 Å². The lowest BCUT2D eigenvalue weighted by Crippen LogP contribution is -2.06. The van der Waals surface area contributed by atoms with Gasteiger partial charge in [0, 0.05) is 19.2 Å². The van der Waals surface area contributed by atoms with Gasteiger partial charge in [-0.3, -0.25) is 20.2 Å². The van der Waals surface area contributed by atoms with Gasteiger partial charge in [-0.15, -0.1) is 0 Å². The van der Waals surface area contributed by atoms with Gasteiger partial charge in [-0.25, -0.2) is 0 Å². The van der Waals surface area contributed by atoms with Crippen LogP contribution in [0.15, 0.2) is 42.5 Å². The van der Waals surface area contributed by atoms with Crippen LogP contribution in [0.3, 0.4) is 0 Å². The molecule has 0 unspecified atom stereocenters. The van der Waals surface area contributed by atoms with Crippen LogP contribution in [0, 0.1) is 20.2 Å². The van der Waals surface area contributed by atoms with Crippen molar-refractivity contribution in [2.24, 2.45) is 0 Å². The fourth-order valence-corrected chi connectivity index (χ4v) is 2.32. The summed E-state index contributed by atoms with van der Waals surface area (Å²) in [4.78, 5) is 20.7. The van der Waals surface area contributed by atoms with E-state index in [0.29, 0.717) is 19.8 Å². The predicted octanol–water partition coefficient (Wildman–Crippen LogP) is 4.04. The third-order valence-electron chi connectivity index (χ3n) is 3.58. The van der Waals surface area contributed by atoms with Crippen molar-refractivity contribution in [2.45, 2.75) is 26.5 Å². The first-order valence-electron chi connectivity index (χ1n) is 7.84. The Morgan fingerprint density at radius 3 is 2.40 bits per heavy atom. The quantitative estimate of drug-likeness (QED) is 0.417. The molecule has 8 heteroatoms. The molecule has 0 aliphatic rings. The zero-order valence-corrected chi connectivity index (χ0v) is 13.8. The van der Waals surface area contributed by atoms with Crippen LogP contribution in [-0.4, -0.2) is 16.5 Å². The van der Waals surface area contributed by atoms with Gasteiger partial charge in [0.2, 0.25) is 0 Å². The maximum absolute atomic E-state index is 11.2. The molecular weight excluding hydrogens is 326 g/mol. The lowest BCUT2D eigenvalue weighted by Gasteiger charge is -2.12. The highest BCUT2D eigenvalue weighted by Gasteiger charge is 2.19. The van der Waals surface area contributed by atoms with Gasteiger partial charge in [0.15, 0.2) is 0 Å². The molecule has 0 fully saturated rings. The van der Waals surface area contributed by atoms with E-state index in [-0.39, 0.29) is 17.1 Å². The van der Waals surface area contributed by atoms with Crippen LogP contribution in [0.1, 0.15) is 24.5 Å². The Bertz CT molecular complexity index is 764. The molecule has 1 N–H and O–H groups in total. The lowest BCUT2D eigenvalue weighted by molar-refractivity contribution is -0.393. The minimum absolute atomic E-state index is 0.236. The summed E-state index contributed by atoms with van der Waals surface area (Å²) >= 11 is 0.